The number of piperazine rings is 1. The lowest BCUT2D eigenvalue weighted by Crippen LogP contribution is -2.49. The highest BCUT2D eigenvalue weighted by molar-refractivity contribution is 6.31. The Hall–Kier alpha value is -2.92. The Balaban J connectivity index is 1.55. The molecule has 0 saturated carbocycles. The Labute approximate surface area is 182 Å². The molecule has 1 saturated heterocycles. The number of benzene rings is 2. The molecule has 4 rings (SSSR count). The Morgan fingerprint density at radius 2 is 1.60 bits per heavy atom. The van der Waals surface area contributed by atoms with Gasteiger partial charge in [0, 0.05) is 54.4 Å². The normalized spacial score (nSPS) is 14.1. The van der Waals surface area contributed by atoms with Crippen LogP contribution in [0.3, 0.4) is 0 Å². The van der Waals surface area contributed by atoms with Gasteiger partial charge in [-0.05, 0) is 37.6 Å². The summed E-state index contributed by atoms with van der Waals surface area (Å²) in [6, 6.07) is 17.4. The van der Waals surface area contributed by atoms with Crippen molar-refractivity contribution in [2.24, 2.45) is 0 Å². The van der Waals surface area contributed by atoms with Gasteiger partial charge in [-0.3, -0.25) is 4.79 Å². The summed E-state index contributed by atoms with van der Waals surface area (Å²) in [7, 11) is 0. The fourth-order valence-electron chi connectivity index (χ4n) is 3.90. The summed E-state index contributed by atoms with van der Waals surface area (Å²) in [6.07, 6.45) is 0.685. The molecule has 3 aromatic rings. The fraction of sp³-hybridized carbons (Fsp3) is 0.292. The van der Waals surface area contributed by atoms with Crippen LogP contribution in [-0.4, -0.2) is 47.0 Å². The van der Waals surface area contributed by atoms with Crippen LogP contribution < -0.4 is 4.90 Å². The molecule has 154 valence electrons. The minimum absolute atomic E-state index is 0.0848. The standard InChI is InChI=1S/C24H25ClN4O/c1-17-21(16-20-10-6-7-11-22(20)25)23(27-18(2)26-17)28-12-14-29(15-13-28)24(30)19-8-4-3-5-9-19/h3-11H,12-16H2,1-2H3. The predicted molar refractivity (Wildman–Crippen MR) is 120 cm³/mol. The molecule has 0 atom stereocenters. The zero-order valence-corrected chi connectivity index (χ0v) is 18.1. The smallest absolute Gasteiger partial charge is 0.253 e. The third kappa shape index (κ3) is 4.31. The van der Waals surface area contributed by atoms with E-state index < -0.39 is 0 Å². The van der Waals surface area contributed by atoms with E-state index in [1.807, 2.05) is 73.3 Å². The molecular formula is C24H25ClN4O. The van der Waals surface area contributed by atoms with Gasteiger partial charge in [-0.25, -0.2) is 9.97 Å². The van der Waals surface area contributed by atoms with E-state index in [1.165, 1.54) is 0 Å². The maximum absolute atomic E-state index is 12.8. The quantitative estimate of drug-likeness (QED) is 0.631. The van der Waals surface area contributed by atoms with E-state index in [0.717, 1.165) is 52.1 Å². The van der Waals surface area contributed by atoms with Gasteiger partial charge in [0.2, 0.25) is 0 Å². The van der Waals surface area contributed by atoms with E-state index >= 15 is 0 Å². The number of carbonyl (C=O) groups excluding carboxylic acids is 1. The van der Waals surface area contributed by atoms with Gasteiger partial charge in [0.25, 0.3) is 5.91 Å². The van der Waals surface area contributed by atoms with Gasteiger partial charge in [-0.15, -0.1) is 0 Å². The van der Waals surface area contributed by atoms with Crippen molar-refractivity contribution in [1.82, 2.24) is 14.9 Å². The first-order valence-electron chi connectivity index (χ1n) is 10.2. The summed E-state index contributed by atoms with van der Waals surface area (Å²) in [4.78, 5) is 26.3. The summed E-state index contributed by atoms with van der Waals surface area (Å²) in [5, 5.41) is 0.752. The highest BCUT2D eigenvalue weighted by Crippen LogP contribution is 2.27. The Bertz CT molecular complexity index is 1050. The van der Waals surface area contributed by atoms with Gasteiger partial charge in [-0.1, -0.05) is 48.0 Å². The topological polar surface area (TPSA) is 49.3 Å². The van der Waals surface area contributed by atoms with Crippen LogP contribution in [0, 0.1) is 13.8 Å². The van der Waals surface area contributed by atoms with Gasteiger partial charge in [0.05, 0.1) is 0 Å². The minimum atomic E-state index is 0.0848. The van der Waals surface area contributed by atoms with Crippen LogP contribution in [0.25, 0.3) is 0 Å². The van der Waals surface area contributed by atoms with Crippen molar-refractivity contribution in [3.05, 3.63) is 87.8 Å². The van der Waals surface area contributed by atoms with E-state index in [2.05, 4.69) is 9.88 Å². The highest BCUT2D eigenvalue weighted by atomic mass is 35.5. The summed E-state index contributed by atoms with van der Waals surface area (Å²) < 4.78 is 0. The molecule has 30 heavy (non-hydrogen) atoms. The first-order valence-corrected chi connectivity index (χ1v) is 10.6. The molecule has 0 aliphatic carbocycles. The molecule has 0 N–H and O–H groups in total. The van der Waals surface area contributed by atoms with Crippen molar-refractivity contribution in [3.63, 3.8) is 0 Å². The number of nitrogens with zero attached hydrogens (tertiary/aromatic N) is 4. The second-order valence-corrected chi connectivity index (χ2v) is 7.98. The molecule has 2 heterocycles. The number of anilines is 1. The van der Waals surface area contributed by atoms with Crippen molar-refractivity contribution in [1.29, 1.82) is 0 Å². The fourth-order valence-corrected chi connectivity index (χ4v) is 4.11. The van der Waals surface area contributed by atoms with Crippen LogP contribution in [0.4, 0.5) is 5.82 Å². The van der Waals surface area contributed by atoms with Gasteiger partial charge in [0.1, 0.15) is 11.6 Å². The molecule has 0 unspecified atom stereocenters. The average Bonchev–Trinajstić information content (AvgIpc) is 2.77. The molecule has 0 bridgehead atoms. The molecule has 2 aromatic carbocycles. The van der Waals surface area contributed by atoms with Crippen molar-refractivity contribution in [3.8, 4) is 0 Å². The summed E-state index contributed by atoms with van der Waals surface area (Å²) in [5.41, 5.74) is 3.87. The third-order valence-corrected chi connectivity index (χ3v) is 5.88. The number of amides is 1. The molecule has 1 aliphatic rings. The minimum Gasteiger partial charge on any atom is -0.353 e. The number of rotatable bonds is 4. The molecule has 1 aliphatic heterocycles. The zero-order valence-electron chi connectivity index (χ0n) is 17.3. The van der Waals surface area contributed by atoms with Crippen LogP contribution in [0.5, 0.6) is 0 Å². The largest absolute Gasteiger partial charge is 0.353 e. The van der Waals surface area contributed by atoms with Gasteiger partial charge >= 0.3 is 0 Å². The average molecular weight is 421 g/mol. The Kier molecular flexibility index (Phi) is 6.00. The van der Waals surface area contributed by atoms with Gasteiger partial charge in [-0.2, -0.15) is 0 Å². The van der Waals surface area contributed by atoms with E-state index in [0.29, 0.717) is 19.5 Å². The number of aromatic nitrogens is 2. The number of hydrogen-bond acceptors (Lipinski definition) is 4. The van der Waals surface area contributed by atoms with Crippen LogP contribution in [-0.2, 0) is 6.42 Å². The van der Waals surface area contributed by atoms with Gasteiger partial charge in [0.15, 0.2) is 0 Å². The zero-order chi connectivity index (χ0) is 21.1. The lowest BCUT2D eigenvalue weighted by atomic mass is 10.0. The second-order valence-electron chi connectivity index (χ2n) is 7.57. The predicted octanol–water partition coefficient (Wildman–Crippen LogP) is 4.30. The van der Waals surface area contributed by atoms with E-state index in [-0.39, 0.29) is 5.91 Å². The van der Waals surface area contributed by atoms with Crippen molar-refractivity contribution < 1.29 is 4.79 Å². The Morgan fingerprint density at radius 3 is 2.30 bits per heavy atom. The molecule has 1 fully saturated rings. The van der Waals surface area contributed by atoms with Crippen LogP contribution >= 0.6 is 11.6 Å². The first kappa shape index (κ1) is 20.4. The molecule has 6 heteroatoms. The van der Waals surface area contributed by atoms with Crippen molar-refractivity contribution in [2.75, 3.05) is 31.1 Å². The first-order chi connectivity index (χ1) is 14.5. The summed E-state index contributed by atoms with van der Waals surface area (Å²) >= 11 is 6.41. The van der Waals surface area contributed by atoms with Crippen LogP contribution in [0.2, 0.25) is 5.02 Å². The maximum Gasteiger partial charge on any atom is 0.253 e. The summed E-state index contributed by atoms with van der Waals surface area (Å²) in [5.74, 6) is 1.79. The maximum atomic E-state index is 12.8. The number of halogens is 1. The molecule has 0 spiro atoms. The van der Waals surface area contributed by atoms with Crippen LogP contribution in [0.15, 0.2) is 54.6 Å². The molecule has 1 aromatic heterocycles. The molecule has 1 amide bonds. The monoisotopic (exact) mass is 420 g/mol. The van der Waals surface area contributed by atoms with E-state index in [4.69, 9.17) is 16.6 Å². The third-order valence-electron chi connectivity index (χ3n) is 5.52. The summed E-state index contributed by atoms with van der Waals surface area (Å²) in [6.45, 7) is 6.77. The van der Waals surface area contributed by atoms with E-state index in [9.17, 15) is 4.79 Å². The van der Waals surface area contributed by atoms with Crippen molar-refractivity contribution >= 4 is 23.3 Å². The van der Waals surface area contributed by atoms with Gasteiger partial charge < -0.3 is 9.80 Å². The Morgan fingerprint density at radius 1 is 0.933 bits per heavy atom. The molecular weight excluding hydrogens is 396 g/mol. The van der Waals surface area contributed by atoms with Crippen LogP contribution in [0.1, 0.15) is 33.0 Å². The van der Waals surface area contributed by atoms with E-state index in [1.54, 1.807) is 0 Å². The second kappa shape index (κ2) is 8.84. The molecule has 5 nitrogen and oxygen atoms in total. The van der Waals surface area contributed by atoms with Crippen molar-refractivity contribution in [2.45, 2.75) is 20.3 Å². The molecule has 0 radical (unpaired) electrons. The number of aryl methyl sites for hydroxylation is 2. The lowest BCUT2D eigenvalue weighted by molar-refractivity contribution is 0.0746. The highest BCUT2D eigenvalue weighted by Gasteiger charge is 2.25. The number of carbonyl (C=O) groups is 1. The SMILES string of the molecule is Cc1nc(C)c(Cc2ccccc2Cl)c(N2CCN(C(=O)c3ccccc3)CC2)n1. The number of hydrogen-bond donors (Lipinski definition) is 0. The lowest BCUT2D eigenvalue weighted by Gasteiger charge is -2.36.